The quantitative estimate of drug-likeness (QED) is 0.361. The Morgan fingerprint density at radius 2 is 1.70 bits per heavy atom. The Balaban J connectivity index is 1.68. The second kappa shape index (κ2) is 12.5. The molecule has 0 spiro atoms. The van der Waals surface area contributed by atoms with Gasteiger partial charge in [0.1, 0.15) is 11.4 Å². The number of likely N-dealkylation sites (tertiary alicyclic amines) is 1. The SMILES string of the molecule is CCOC(=O)NCC1(O)CCN(C(=O)C[C@@H]2CCc3cc(C(O)(C(F)(F)F)C(F)(F)F)ccc3N2S(=O)(=O)c2ccc(F)cc2)C1. The first-order chi connectivity index (χ1) is 21.2. The van der Waals surface area contributed by atoms with Crippen molar-refractivity contribution in [2.24, 2.45) is 0 Å². The van der Waals surface area contributed by atoms with E-state index in [9.17, 15) is 59.0 Å². The van der Waals surface area contributed by atoms with Gasteiger partial charge in [-0.05, 0) is 62.1 Å². The predicted octanol–water partition coefficient (Wildman–Crippen LogP) is 3.75. The predicted molar refractivity (Wildman–Crippen MR) is 146 cm³/mol. The first-order valence-corrected chi connectivity index (χ1v) is 15.4. The van der Waals surface area contributed by atoms with Crippen LogP contribution in [-0.4, -0.2) is 85.8 Å². The smallest absolute Gasteiger partial charge is 0.430 e. The van der Waals surface area contributed by atoms with Crippen LogP contribution in [0.15, 0.2) is 47.4 Å². The summed E-state index contributed by atoms with van der Waals surface area (Å²) < 4.78 is 128. The molecule has 0 bridgehead atoms. The highest BCUT2D eigenvalue weighted by Gasteiger charge is 2.71. The number of ether oxygens (including phenoxy) is 1. The summed E-state index contributed by atoms with van der Waals surface area (Å²) in [7, 11) is -4.68. The summed E-state index contributed by atoms with van der Waals surface area (Å²) in [6.45, 7) is 1.22. The van der Waals surface area contributed by atoms with Crippen molar-refractivity contribution in [2.45, 2.75) is 67.1 Å². The van der Waals surface area contributed by atoms with Crippen LogP contribution in [0.4, 0.5) is 41.2 Å². The summed E-state index contributed by atoms with van der Waals surface area (Å²) in [4.78, 5) is 25.8. The number of halogens is 7. The number of β-amino-alcohol motifs (C(OH)–C–C–N with tert-alkyl or cyclic N) is 1. The van der Waals surface area contributed by atoms with Crippen molar-refractivity contribution in [1.82, 2.24) is 10.2 Å². The lowest BCUT2D eigenvalue weighted by Gasteiger charge is -2.39. The fourth-order valence-electron chi connectivity index (χ4n) is 5.54. The highest BCUT2D eigenvalue weighted by molar-refractivity contribution is 7.92. The highest BCUT2D eigenvalue weighted by Crippen LogP contribution is 2.51. The Morgan fingerprint density at radius 1 is 1.07 bits per heavy atom. The second-order valence-corrected chi connectivity index (χ2v) is 12.9. The van der Waals surface area contributed by atoms with E-state index < -0.39 is 74.3 Å². The average Bonchev–Trinajstić information content (AvgIpc) is 3.36. The Morgan fingerprint density at radius 3 is 2.28 bits per heavy atom. The minimum Gasteiger partial charge on any atom is -0.450 e. The lowest BCUT2D eigenvalue weighted by Crippen LogP contribution is -2.54. The van der Waals surface area contributed by atoms with Gasteiger partial charge in [0.2, 0.25) is 5.91 Å². The number of nitrogens with zero attached hydrogens (tertiary/aromatic N) is 2. The van der Waals surface area contributed by atoms with E-state index in [0.29, 0.717) is 22.5 Å². The van der Waals surface area contributed by atoms with Crippen LogP contribution in [0.2, 0.25) is 0 Å². The number of sulfonamides is 1. The molecule has 1 fully saturated rings. The molecule has 1 saturated heterocycles. The third-order valence-corrected chi connectivity index (χ3v) is 9.82. The van der Waals surface area contributed by atoms with Crippen LogP contribution in [0.3, 0.4) is 0 Å². The Hall–Kier alpha value is -3.64. The van der Waals surface area contributed by atoms with Gasteiger partial charge in [-0.15, -0.1) is 0 Å². The van der Waals surface area contributed by atoms with Gasteiger partial charge in [-0.3, -0.25) is 9.10 Å². The van der Waals surface area contributed by atoms with E-state index in [1.165, 1.54) is 4.90 Å². The van der Waals surface area contributed by atoms with Crippen molar-refractivity contribution >= 4 is 27.7 Å². The number of aliphatic hydroxyl groups is 2. The summed E-state index contributed by atoms with van der Waals surface area (Å²) >= 11 is 0. The highest BCUT2D eigenvalue weighted by atomic mass is 32.2. The molecule has 2 aliphatic rings. The van der Waals surface area contributed by atoms with Crippen molar-refractivity contribution in [1.29, 1.82) is 0 Å². The largest absolute Gasteiger partial charge is 0.450 e. The Kier molecular flexibility index (Phi) is 9.58. The van der Waals surface area contributed by atoms with Gasteiger partial charge in [0, 0.05) is 18.5 Å². The molecule has 18 heteroatoms. The van der Waals surface area contributed by atoms with E-state index in [-0.39, 0.29) is 56.8 Å². The summed E-state index contributed by atoms with van der Waals surface area (Å²) in [5, 5.41) is 23.1. The van der Waals surface area contributed by atoms with Crippen LogP contribution < -0.4 is 9.62 Å². The van der Waals surface area contributed by atoms with Crippen LogP contribution >= 0.6 is 0 Å². The van der Waals surface area contributed by atoms with Gasteiger partial charge in [-0.2, -0.15) is 26.3 Å². The number of anilines is 1. The second-order valence-electron chi connectivity index (χ2n) is 11.1. The average molecular weight is 686 g/mol. The molecule has 2 aromatic rings. The summed E-state index contributed by atoms with van der Waals surface area (Å²) in [6.07, 6.45) is -14.1. The first kappa shape index (κ1) is 35.2. The molecule has 0 radical (unpaired) electrons. The van der Waals surface area contributed by atoms with Crippen LogP contribution in [0, 0.1) is 5.82 Å². The molecule has 254 valence electrons. The molecular weight excluding hydrogens is 655 g/mol. The minimum absolute atomic E-state index is 0.0324. The van der Waals surface area contributed by atoms with Crippen molar-refractivity contribution in [3.63, 3.8) is 0 Å². The molecule has 0 saturated carbocycles. The zero-order valence-electron chi connectivity index (χ0n) is 24.2. The number of nitrogens with one attached hydrogen (secondary N) is 1. The summed E-state index contributed by atoms with van der Waals surface area (Å²) in [5.74, 6) is -1.41. The zero-order valence-corrected chi connectivity index (χ0v) is 25.0. The van der Waals surface area contributed by atoms with E-state index in [1.54, 1.807) is 6.92 Å². The van der Waals surface area contributed by atoms with E-state index >= 15 is 0 Å². The third kappa shape index (κ3) is 6.73. The zero-order chi connectivity index (χ0) is 34.3. The number of rotatable bonds is 8. The molecule has 2 heterocycles. The standard InChI is InChI=1S/C28H30F7N3O7S/c1-2-45-24(40)36-15-25(41)11-12-37(16-25)23(39)14-20-7-3-17-13-18(26(42,27(30,31)32)28(33,34)35)4-10-22(17)38(20)46(43,44)21-8-5-19(29)6-9-21/h4-6,8-10,13,20,41-42H,2-3,7,11-12,14-16H2,1H3,(H,36,40)/t20-,25?/m0/s1. The maximum Gasteiger partial charge on any atom is 0.430 e. The normalized spacial score (nSPS) is 20.8. The third-order valence-electron chi connectivity index (χ3n) is 7.94. The van der Waals surface area contributed by atoms with Crippen molar-refractivity contribution < 1.29 is 63.7 Å². The van der Waals surface area contributed by atoms with Gasteiger partial charge in [0.25, 0.3) is 15.6 Å². The number of hydrogen-bond donors (Lipinski definition) is 3. The fourth-order valence-corrected chi connectivity index (χ4v) is 7.26. The van der Waals surface area contributed by atoms with Gasteiger partial charge in [-0.25, -0.2) is 17.6 Å². The number of aryl methyl sites for hydroxylation is 1. The van der Waals surface area contributed by atoms with Crippen LogP contribution in [0.25, 0.3) is 0 Å². The topological polar surface area (TPSA) is 136 Å². The molecule has 46 heavy (non-hydrogen) atoms. The molecule has 2 amide bonds. The molecule has 0 aromatic heterocycles. The molecule has 2 aliphatic heterocycles. The molecule has 4 rings (SSSR count). The van der Waals surface area contributed by atoms with Crippen LogP contribution in [0.5, 0.6) is 0 Å². The number of alkyl carbamates (subject to hydrolysis) is 1. The Bertz CT molecular complexity index is 1550. The molecule has 10 nitrogen and oxygen atoms in total. The molecule has 2 aromatic carbocycles. The monoisotopic (exact) mass is 685 g/mol. The fraction of sp³-hybridized carbons (Fsp3) is 0.500. The van der Waals surface area contributed by atoms with Crippen molar-refractivity contribution in [3.8, 4) is 0 Å². The van der Waals surface area contributed by atoms with Gasteiger partial charge in [0.15, 0.2) is 0 Å². The maximum atomic E-state index is 13.9. The first-order valence-electron chi connectivity index (χ1n) is 13.9. The van der Waals surface area contributed by atoms with Crippen LogP contribution in [-0.2, 0) is 31.6 Å². The van der Waals surface area contributed by atoms with E-state index in [4.69, 9.17) is 4.74 Å². The van der Waals surface area contributed by atoms with Gasteiger partial charge < -0.3 is 25.2 Å². The molecule has 2 atom stereocenters. The number of amides is 2. The molecule has 0 aliphatic carbocycles. The molecule has 3 N–H and O–H groups in total. The summed E-state index contributed by atoms with van der Waals surface area (Å²) in [6, 6.07) is 3.74. The number of benzene rings is 2. The van der Waals surface area contributed by atoms with Gasteiger partial charge in [0.05, 0.1) is 36.3 Å². The lowest BCUT2D eigenvalue weighted by atomic mass is 9.87. The van der Waals surface area contributed by atoms with E-state index in [1.807, 2.05) is 0 Å². The Labute approximate surface area is 258 Å². The maximum absolute atomic E-state index is 13.9. The van der Waals surface area contributed by atoms with E-state index in [2.05, 4.69) is 5.32 Å². The van der Waals surface area contributed by atoms with Crippen molar-refractivity contribution in [2.75, 3.05) is 30.5 Å². The molecular formula is C28H30F7N3O7S. The number of carbonyl (C=O) groups is 2. The lowest BCUT2D eigenvalue weighted by molar-refractivity contribution is -0.376. The van der Waals surface area contributed by atoms with Crippen LogP contribution in [0.1, 0.15) is 37.3 Å². The number of alkyl halides is 6. The number of hydrogen-bond acceptors (Lipinski definition) is 7. The van der Waals surface area contributed by atoms with Gasteiger partial charge in [-0.1, -0.05) is 12.1 Å². The van der Waals surface area contributed by atoms with Crippen molar-refractivity contribution in [3.05, 3.63) is 59.4 Å². The summed E-state index contributed by atoms with van der Waals surface area (Å²) in [5.41, 5.74) is -8.96. The minimum atomic E-state index is -6.17. The number of carbonyl (C=O) groups excluding carboxylic acids is 2. The van der Waals surface area contributed by atoms with E-state index in [0.717, 1.165) is 24.3 Å². The van der Waals surface area contributed by atoms with Gasteiger partial charge >= 0.3 is 18.4 Å². The number of fused-ring (bicyclic) bond motifs is 1. The molecule has 1 unspecified atom stereocenters.